The highest BCUT2D eigenvalue weighted by Crippen LogP contribution is 2.23. The number of carbonyl (C=O) groups is 1. The molecule has 5 heteroatoms. The molecule has 0 radical (unpaired) electrons. The number of carbonyl (C=O) groups excluding carboxylic acids is 1. The van der Waals surface area contributed by atoms with Gasteiger partial charge in [-0.05, 0) is 30.7 Å². The molecule has 0 saturated carbocycles. The molecule has 0 N–H and O–H groups in total. The predicted octanol–water partition coefficient (Wildman–Crippen LogP) is 3.85. The lowest BCUT2D eigenvalue weighted by Gasteiger charge is -2.03. The number of Topliss-reactive ketones (excluding diaryl/α,β-unsaturated/α-hetero) is 1. The number of rotatable bonds is 4. The third kappa shape index (κ3) is 3.09. The van der Waals surface area contributed by atoms with Crippen molar-refractivity contribution in [3.8, 4) is 0 Å². The van der Waals surface area contributed by atoms with Crippen LogP contribution in [-0.2, 0) is 13.0 Å². The van der Waals surface area contributed by atoms with Crippen LogP contribution in [0, 0.1) is 0 Å². The van der Waals surface area contributed by atoms with Crippen LogP contribution < -0.4 is 0 Å². The number of hydrogen-bond donors (Lipinski definition) is 0. The maximum Gasteiger partial charge on any atom is 0.168 e. The summed E-state index contributed by atoms with van der Waals surface area (Å²) in [5.41, 5.74) is 1.64. The number of hydrogen-bond acceptors (Lipinski definition) is 2. The molecule has 2 aromatic rings. The maximum absolute atomic E-state index is 12.2. The number of ketones is 1. The van der Waals surface area contributed by atoms with Crippen molar-refractivity contribution in [3.63, 3.8) is 0 Å². The first-order valence-electron chi connectivity index (χ1n) is 5.59. The minimum atomic E-state index is 0.0880. The van der Waals surface area contributed by atoms with Gasteiger partial charge in [-0.2, -0.15) is 5.10 Å². The van der Waals surface area contributed by atoms with Crippen molar-refractivity contribution < 1.29 is 4.79 Å². The quantitative estimate of drug-likeness (QED) is 0.765. The van der Waals surface area contributed by atoms with Crippen molar-refractivity contribution in [2.45, 2.75) is 19.9 Å². The first-order chi connectivity index (χ1) is 8.60. The van der Waals surface area contributed by atoms with Gasteiger partial charge in [-0.3, -0.25) is 9.48 Å². The molecule has 2 rings (SSSR count). The van der Waals surface area contributed by atoms with E-state index in [9.17, 15) is 4.79 Å². The Balaban J connectivity index is 2.16. The summed E-state index contributed by atoms with van der Waals surface area (Å²) >= 11 is 6.78. The molecule has 0 fully saturated rings. The normalized spacial score (nSPS) is 10.6. The summed E-state index contributed by atoms with van der Waals surface area (Å²) in [5, 5.41) is 4.16. The van der Waals surface area contributed by atoms with Gasteiger partial charge in [0.05, 0.1) is 6.20 Å². The predicted molar refractivity (Wildman–Crippen MR) is 77.8 cm³/mol. The average Bonchev–Trinajstić information content (AvgIpc) is 2.76. The van der Waals surface area contributed by atoms with E-state index < -0.39 is 0 Å². The van der Waals surface area contributed by atoms with E-state index in [1.807, 2.05) is 36.0 Å². The van der Waals surface area contributed by atoms with E-state index in [2.05, 4.69) is 37.0 Å². The largest absolute Gasteiger partial charge is 0.294 e. The molecule has 0 unspecified atom stereocenters. The smallest absolute Gasteiger partial charge is 0.168 e. The molecule has 94 valence electrons. The van der Waals surface area contributed by atoms with E-state index in [0.29, 0.717) is 12.0 Å². The van der Waals surface area contributed by atoms with Gasteiger partial charge < -0.3 is 0 Å². The molecule has 3 nitrogen and oxygen atoms in total. The summed E-state index contributed by atoms with van der Waals surface area (Å²) in [6.07, 6.45) is 4.03. The van der Waals surface area contributed by atoms with Gasteiger partial charge in [0, 0.05) is 33.7 Å². The van der Waals surface area contributed by atoms with E-state index in [0.717, 1.165) is 21.1 Å². The molecule has 0 spiro atoms. The van der Waals surface area contributed by atoms with Crippen molar-refractivity contribution in [2.75, 3.05) is 0 Å². The van der Waals surface area contributed by atoms with Gasteiger partial charge in [-0.1, -0.05) is 31.9 Å². The Bertz CT molecular complexity index is 578. The molecule has 18 heavy (non-hydrogen) atoms. The Morgan fingerprint density at radius 1 is 1.39 bits per heavy atom. The van der Waals surface area contributed by atoms with Gasteiger partial charge in [0.25, 0.3) is 0 Å². The molecule has 0 atom stereocenters. The first-order valence-corrected chi connectivity index (χ1v) is 7.18. The summed E-state index contributed by atoms with van der Waals surface area (Å²) in [6, 6.07) is 5.57. The van der Waals surface area contributed by atoms with Crippen LogP contribution in [0.15, 0.2) is 39.5 Å². The Hall–Kier alpha value is -0.940. The Morgan fingerprint density at radius 2 is 2.17 bits per heavy atom. The minimum absolute atomic E-state index is 0.0880. The van der Waals surface area contributed by atoms with Gasteiger partial charge in [-0.15, -0.1) is 0 Å². The fourth-order valence-corrected chi connectivity index (χ4v) is 2.94. The number of nitrogens with zero attached hydrogens (tertiary/aromatic N) is 2. The standard InChI is InChI=1S/C13H12Br2N2O/c1-2-17-8-9(7-16-17)5-13(18)11-4-3-10(14)6-12(11)15/h3-4,6-8H,2,5H2,1H3. The maximum atomic E-state index is 12.2. The highest BCUT2D eigenvalue weighted by molar-refractivity contribution is 9.11. The zero-order valence-electron chi connectivity index (χ0n) is 9.86. The number of benzene rings is 1. The van der Waals surface area contributed by atoms with Crippen LogP contribution in [0.3, 0.4) is 0 Å². The first kappa shape index (κ1) is 13.5. The van der Waals surface area contributed by atoms with Gasteiger partial charge in [-0.25, -0.2) is 0 Å². The summed E-state index contributed by atoms with van der Waals surface area (Å²) in [4.78, 5) is 12.2. The molecule has 1 aromatic carbocycles. The van der Waals surface area contributed by atoms with Crippen molar-refractivity contribution >= 4 is 37.6 Å². The second-order valence-electron chi connectivity index (χ2n) is 3.93. The van der Waals surface area contributed by atoms with E-state index in [1.165, 1.54) is 0 Å². The summed E-state index contributed by atoms with van der Waals surface area (Å²) in [5.74, 6) is 0.0880. The van der Waals surface area contributed by atoms with Gasteiger partial charge in [0.15, 0.2) is 5.78 Å². The van der Waals surface area contributed by atoms with Crippen LogP contribution in [0.5, 0.6) is 0 Å². The van der Waals surface area contributed by atoms with E-state index >= 15 is 0 Å². The second-order valence-corrected chi connectivity index (χ2v) is 5.70. The molecular formula is C13H12Br2N2O. The Labute approximate surface area is 122 Å². The monoisotopic (exact) mass is 370 g/mol. The summed E-state index contributed by atoms with van der Waals surface area (Å²) in [7, 11) is 0. The molecule has 0 bridgehead atoms. The molecule has 1 aromatic heterocycles. The second kappa shape index (κ2) is 5.80. The van der Waals surface area contributed by atoms with Gasteiger partial charge in [0.2, 0.25) is 0 Å². The highest BCUT2D eigenvalue weighted by atomic mass is 79.9. The molecule has 0 saturated heterocycles. The zero-order chi connectivity index (χ0) is 13.1. The molecule has 0 aliphatic rings. The van der Waals surface area contributed by atoms with Crippen molar-refractivity contribution in [1.82, 2.24) is 9.78 Å². The van der Waals surface area contributed by atoms with Crippen LogP contribution in [0.1, 0.15) is 22.8 Å². The van der Waals surface area contributed by atoms with Crippen LogP contribution in [-0.4, -0.2) is 15.6 Å². The fourth-order valence-electron chi connectivity index (χ4n) is 1.67. The van der Waals surface area contributed by atoms with Gasteiger partial charge in [0.1, 0.15) is 0 Å². The lowest BCUT2D eigenvalue weighted by atomic mass is 10.1. The third-order valence-electron chi connectivity index (χ3n) is 2.61. The lowest BCUT2D eigenvalue weighted by Crippen LogP contribution is -2.04. The van der Waals surface area contributed by atoms with Gasteiger partial charge >= 0.3 is 0 Å². The minimum Gasteiger partial charge on any atom is -0.294 e. The topological polar surface area (TPSA) is 34.9 Å². The van der Waals surface area contributed by atoms with Crippen molar-refractivity contribution in [3.05, 3.63) is 50.7 Å². The van der Waals surface area contributed by atoms with Crippen LogP contribution in [0.4, 0.5) is 0 Å². The van der Waals surface area contributed by atoms with E-state index in [-0.39, 0.29) is 5.78 Å². The SMILES string of the molecule is CCn1cc(CC(=O)c2ccc(Br)cc2Br)cn1. The van der Waals surface area contributed by atoms with E-state index in [1.54, 1.807) is 6.20 Å². The van der Waals surface area contributed by atoms with Crippen LogP contribution in [0.25, 0.3) is 0 Å². The molecule has 0 aliphatic carbocycles. The fraction of sp³-hybridized carbons (Fsp3) is 0.231. The molecule has 0 amide bonds. The third-order valence-corrected chi connectivity index (χ3v) is 3.76. The van der Waals surface area contributed by atoms with E-state index in [4.69, 9.17) is 0 Å². The summed E-state index contributed by atoms with van der Waals surface area (Å²) < 4.78 is 3.58. The molecule has 0 aliphatic heterocycles. The number of aryl methyl sites for hydroxylation is 1. The Morgan fingerprint density at radius 3 is 2.78 bits per heavy atom. The molecular weight excluding hydrogens is 360 g/mol. The summed E-state index contributed by atoms with van der Waals surface area (Å²) in [6.45, 7) is 2.83. The average molecular weight is 372 g/mol. The highest BCUT2D eigenvalue weighted by Gasteiger charge is 2.12. The lowest BCUT2D eigenvalue weighted by molar-refractivity contribution is 0.0992. The zero-order valence-corrected chi connectivity index (χ0v) is 13.0. The molecule has 1 heterocycles. The van der Waals surface area contributed by atoms with Crippen molar-refractivity contribution in [1.29, 1.82) is 0 Å². The number of aromatic nitrogens is 2. The van der Waals surface area contributed by atoms with Crippen LogP contribution >= 0.6 is 31.9 Å². The van der Waals surface area contributed by atoms with Crippen LogP contribution in [0.2, 0.25) is 0 Å². The van der Waals surface area contributed by atoms with Crippen molar-refractivity contribution in [2.24, 2.45) is 0 Å². The number of halogens is 2. The Kier molecular flexibility index (Phi) is 4.35.